The number of aryl methyl sites for hydroxylation is 1. The van der Waals surface area contributed by atoms with E-state index in [2.05, 4.69) is 5.16 Å². The number of hydrogen-bond donors (Lipinski definition) is 1. The number of phenols is 1. The molecular weight excluding hydrogens is 206 g/mol. The molecule has 1 heterocycles. The van der Waals surface area contributed by atoms with Gasteiger partial charge in [-0.3, -0.25) is 4.79 Å². The Labute approximate surface area is 92.5 Å². The molecule has 0 aliphatic carbocycles. The van der Waals surface area contributed by atoms with Crippen LogP contribution in [-0.4, -0.2) is 16.0 Å². The normalized spacial score (nSPS) is 10.4. The van der Waals surface area contributed by atoms with E-state index >= 15 is 0 Å². The van der Waals surface area contributed by atoms with Gasteiger partial charge in [-0.1, -0.05) is 17.3 Å². The van der Waals surface area contributed by atoms with Crippen LogP contribution in [0.15, 0.2) is 28.8 Å². The van der Waals surface area contributed by atoms with Crippen molar-refractivity contribution in [2.45, 2.75) is 13.8 Å². The van der Waals surface area contributed by atoms with E-state index < -0.39 is 0 Å². The van der Waals surface area contributed by atoms with Gasteiger partial charge in [-0.25, -0.2) is 0 Å². The number of phenolic OH excluding ortho intramolecular Hbond substituents is 1. The summed E-state index contributed by atoms with van der Waals surface area (Å²) in [6, 6.07) is 6.86. The highest BCUT2D eigenvalue weighted by Gasteiger charge is 2.13. The van der Waals surface area contributed by atoms with Crippen molar-refractivity contribution in [3.63, 3.8) is 0 Å². The minimum atomic E-state index is -0.189. The van der Waals surface area contributed by atoms with Gasteiger partial charge in [0.15, 0.2) is 5.78 Å². The third-order valence-corrected chi connectivity index (χ3v) is 2.37. The van der Waals surface area contributed by atoms with Crippen LogP contribution >= 0.6 is 0 Å². The third-order valence-electron chi connectivity index (χ3n) is 2.37. The molecule has 0 fully saturated rings. The fraction of sp³-hybridized carbons (Fsp3) is 0.167. The maximum Gasteiger partial charge on any atom is 0.202 e. The zero-order chi connectivity index (χ0) is 11.7. The van der Waals surface area contributed by atoms with Crippen LogP contribution in [0, 0.1) is 6.92 Å². The first-order valence-corrected chi connectivity index (χ1v) is 4.86. The number of carbonyl (C=O) groups excluding carboxylic acids is 1. The van der Waals surface area contributed by atoms with Crippen LogP contribution in [0.1, 0.15) is 23.0 Å². The Morgan fingerprint density at radius 1 is 1.44 bits per heavy atom. The van der Waals surface area contributed by atoms with Gasteiger partial charge >= 0.3 is 0 Å². The fourth-order valence-electron chi connectivity index (χ4n) is 1.43. The number of hydrogen-bond acceptors (Lipinski definition) is 4. The second-order valence-corrected chi connectivity index (χ2v) is 3.60. The molecule has 0 amide bonds. The van der Waals surface area contributed by atoms with Crippen molar-refractivity contribution >= 4 is 5.78 Å². The number of Topliss-reactive ketones (excluding diaryl/α,β-unsaturated/α-hetero) is 1. The number of ketones is 1. The molecule has 0 saturated heterocycles. The molecule has 4 nitrogen and oxygen atoms in total. The van der Waals surface area contributed by atoms with Crippen molar-refractivity contribution in [1.29, 1.82) is 0 Å². The fourth-order valence-corrected chi connectivity index (χ4v) is 1.43. The molecule has 0 radical (unpaired) electrons. The maximum atomic E-state index is 11.0. The first-order chi connectivity index (χ1) is 7.59. The minimum Gasteiger partial charge on any atom is -0.507 e. The first-order valence-electron chi connectivity index (χ1n) is 4.86. The lowest BCUT2D eigenvalue weighted by atomic mass is 10.1. The number of carbonyl (C=O) groups is 1. The summed E-state index contributed by atoms with van der Waals surface area (Å²) >= 11 is 0. The lowest BCUT2D eigenvalue weighted by Gasteiger charge is -2.02. The molecule has 0 saturated carbocycles. The standard InChI is InChI=1S/C12H11NO3/c1-7-4-3-5-9(12(7)15)10-6-11(8(2)14)16-13-10/h3-6,15H,1-2H3. The highest BCUT2D eigenvalue weighted by atomic mass is 16.5. The summed E-state index contributed by atoms with van der Waals surface area (Å²) in [5, 5.41) is 13.6. The van der Waals surface area contributed by atoms with Gasteiger partial charge in [0, 0.05) is 18.6 Å². The zero-order valence-electron chi connectivity index (χ0n) is 9.02. The molecule has 16 heavy (non-hydrogen) atoms. The van der Waals surface area contributed by atoms with E-state index in [1.54, 1.807) is 19.1 Å². The molecule has 0 spiro atoms. The van der Waals surface area contributed by atoms with Gasteiger partial charge in [0.1, 0.15) is 11.4 Å². The highest BCUT2D eigenvalue weighted by molar-refractivity contribution is 5.92. The monoisotopic (exact) mass is 217 g/mol. The van der Waals surface area contributed by atoms with Crippen molar-refractivity contribution in [1.82, 2.24) is 5.16 Å². The molecule has 1 N–H and O–H groups in total. The minimum absolute atomic E-state index is 0.158. The van der Waals surface area contributed by atoms with Gasteiger partial charge < -0.3 is 9.63 Å². The van der Waals surface area contributed by atoms with E-state index in [4.69, 9.17) is 4.52 Å². The van der Waals surface area contributed by atoms with Crippen molar-refractivity contribution in [3.05, 3.63) is 35.6 Å². The van der Waals surface area contributed by atoms with E-state index in [1.807, 2.05) is 6.07 Å². The molecule has 0 unspecified atom stereocenters. The predicted octanol–water partition coefficient (Wildman–Crippen LogP) is 2.56. The number of benzene rings is 1. The summed E-state index contributed by atoms with van der Waals surface area (Å²) in [4.78, 5) is 11.0. The number of para-hydroxylation sites is 1. The zero-order valence-corrected chi connectivity index (χ0v) is 9.02. The van der Waals surface area contributed by atoms with E-state index in [0.29, 0.717) is 11.3 Å². The molecular formula is C12H11NO3. The Balaban J connectivity index is 2.50. The summed E-state index contributed by atoms with van der Waals surface area (Å²) in [5.74, 6) is 0.160. The molecule has 0 aliphatic rings. The molecule has 1 aromatic carbocycles. The second-order valence-electron chi connectivity index (χ2n) is 3.60. The van der Waals surface area contributed by atoms with E-state index in [-0.39, 0.29) is 17.3 Å². The maximum absolute atomic E-state index is 11.0. The van der Waals surface area contributed by atoms with Crippen molar-refractivity contribution in [2.75, 3.05) is 0 Å². The smallest absolute Gasteiger partial charge is 0.202 e. The van der Waals surface area contributed by atoms with E-state index in [1.165, 1.54) is 13.0 Å². The lowest BCUT2D eigenvalue weighted by molar-refractivity contribution is 0.0978. The van der Waals surface area contributed by atoms with Crippen LogP contribution in [0.4, 0.5) is 0 Å². The number of nitrogens with zero attached hydrogens (tertiary/aromatic N) is 1. The third kappa shape index (κ3) is 1.69. The van der Waals surface area contributed by atoms with Gasteiger partial charge in [0.25, 0.3) is 0 Å². The average molecular weight is 217 g/mol. The molecule has 2 rings (SSSR count). The Morgan fingerprint density at radius 2 is 2.19 bits per heavy atom. The average Bonchev–Trinajstić information content (AvgIpc) is 2.71. The van der Waals surface area contributed by atoms with Gasteiger partial charge in [-0.15, -0.1) is 0 Å². The van der Waals surface area contributed by atoms with Crippen molar-refractivity contribution < 1.29 is 14.4 Å². The Morgan fingerprint density at radius 3 is 2.81 bits per heavy atom. The first kappa shape index (κ1) is 10.4. The number of aromatic nitrogens is 1. The number of rotatable bonds is 2. The van der Waals surface area contributed by atoms with Crippen LogP contribution in [0.5, 0.6) is 5.75 Å². The molecule has 1 aromatic heterocycles. The van der Waals surface area contributed by atoms with Crippen LogP contribution in [0.2, 0.25) is 0 Å². The molecule has 82 valence electrons. The summed E-state index contributed by atoms with van der Waals surface area (Å²) in [7, 11) is 0. The molecule has 0 aliphatic heterocycles. The summed E-state index contributed by atoms with van der Waals surface area (Å²) < 4.78 is 4.86. The predicted molar refractivity (Wildman–Crippen MR) is 58.3 cm³/mol. The Kier molecular flexibility index (Phi) is 2.48. The quantitative estimate of drug-likeness (QED) is 0.785. The molecule has 2 aromatic rings. The number of aromatic hydroxyl groups is 1. The molecule has 4 heteroatoms. The molecule has 0 atom stereocenters. The van der Waals surface area contributed by atoms with Gasteiger partial charge in [-0.05, 0) is 18.6 Å². The largest absolute Gasteiger partial charge is 0.507 e. The van der Waals surface area contributed by atoms with Gasteiger partial charge in [0.2, 0.25) is 5.76 Å². The van der Waals surface area contributed by atoms with Crippen LogP contribution < -0.4 is 0 Å². The van der Waals surface area contributed by atoms with Gasteiger partial charge in [0.05, 0.1) is 0 Å². The van der Waals surface area contributed by atoms with Crippen LogP contribution in [0.25, 0.3) is 11.3 Å². The van der Waals surface area contributed by atoms with Gasteiger partial charge in [-0.2, -0.15) is 0 Å². The Hall–Kier alpha value is -2.10. The second kappa shape index (κ2) is 3.81. The van der Waals surface area contributed by atoms with E-state index in [0.717, 1.165) is 5.56 Å². The van der Waals surface area contributed by atoms with Crippen LogP contribution in [-0.2, 0) is 0 Å². The van der Waals surface area contributed by atoms with Crippen molar-refractivity contribution in [3.8, 4) is 17.0 Å². The Bertz CT molecular complexity index is 543. The van der Waals surface area contributed by atoms with Crippen molar-refractivity contribution in [2.24, 2.45) is 0 Å². The topological polar surface area (TPSA) is 63.3 Å². The highest BCUT2D eigenvalue weighted by Crippen LogP contribution is 2.31. The lowest BCUT2D eigenvalue weighted by Crippen LogP contribution is -1.86. The van der Waals surface area contributed by atoms with Crippen LogP contribution in [0.3, 0.4) is 0 Å². The SMILES string of the molecule is CC(=O)c1cc(-c2cccc(C)c2O)no1. The summed E-state index contributed by atoms with van der Waals surface area (Å²) in [5.41, 5.74) is 1.78. The summed E-state index contributed by atoms with van der Waals surface area (Å²) in [6.07, 6.45) is 0. The molecule has 0 bridgehead atoms. The van der Waals surface area contributed by atoms with E-state index in [9.17, 15) is 9.90 Å². The summed E-state index contributed by atoms with van der Waals surface area (Å²) in [6.45, 7) is 3.20.